The Kier molecular flexibility index (Phi) is 4.76. The molecule has 0 saturated heterocycles. The largest absolute Gasteiger partial charge is 0.491 e. The number of benzene rings is 1. The van der Waals surface area contributed by atoms with E-state index in [-0.39, 0.29) is 11.4 Å². The van der Waals surface area contributed by atoms with E-state index in [1.165, 1.54) is 24.5 Å². The van der Waals surface area contributed by atoms with Crippen molar-refractivity contribution in [3.8, 4) is 17.0 Å². The van der Waals surface area contributed by atoms with E-state index in [0.717, 1.165) is 45.9 Å². The van der Waals surface area contributed by atoms with E-state index in [9.17, 15) is 9.18 Å². The van der Waals surface area contributed by atoms with Gasteiger partial charge in [-0.1, -0.05) is 12.8 Å². The smallest absolute Gasteiger partial charge is 0.292 e. The number of halogens is 1. The highest BCUT2D eigenvalue weighted by atomic mass is 32.2. The number of aromatic nitrogens is 2. The SMILES string of the molecule is COc1cc(-c2cc3c(SC)cc(F)cc3n2CCC2CC2)cn(C)c1=O. The molecule has 0 bridgehead atoms. The Bertz CT molecular complexity index is 1070. The second-order valence-corrected chi connectivity index (χ2v) is 8.02. The predicted octanol–water partition coefficient (Wildman–Crippen LogP) is 4.68. The average Bonchev–Trinajstić information content (AvgIpc) is 3.42. The predicted molar refractivity (Wildman–Crippen MR) is 108 cm³/mol. The number of ether oxygens (including phenoxy) is 1. The summed E-state index contributed by atoms with van der Waals surface area (Å²) in [5, 5.41) is 1.04. The molecule has 1 fully saturated rings. The molecule has 1 aliphatic rings. The molecule has 3 aromatic rings. The molecule has 6 heteroatoms. The molecule has 4 nitrogen and oxygen atoms in total. The molecule has 142 valence electrons. The summed E-state index contributed by atoms with van der Waals surface area (Å²) in [5.74, 6) is 0.867. The van der Waals surface area contributed by atoms with Crippen molar-refractivity contribution in [2.45, 2.75) is 30.7 Å². The van der Waals surface area contributed by atoms with Gasteiger partial charge in [-0.25, -0.2) is 4.39 Å². The average molecular weight is 386 g/mol. The first kappa shape index (κ1) is 18.2. The van der Waals surface area contributed by atoms with Gasteiger partial charge in [0.05, 0.1) is 18.3 Å². The topological polar surface area (TPSA) is 36.2 Å². The van der Waals surface area contributed by atoms with Crippen LogP contribution in [0.3, 0.4) is 0 Å². The molecule has 0 amide bonds. The van der Waals surface area contributed by atoms with E-state index >= 15 is 0 Å². The zero-order valence-corrected chi connectivity index (χ0v) is 16.6. The Morgan fingerprint density at radius 3 is 2.70 bits per heavy atom. The minimum Gasteiger partial charge on any atom is -0.491 e. The molecule has 0 unspecified atom stereocenters. The Morgan fingerprint density at radius 1 is 1.26 bits per heavy atom. The summed E-state index contributed by atoms with van der Waals surface area (Å²) in [7, 11) is 3.23. The van der Waals surface area contributed by atoms with Crippen molar-refractivity contribution >= 4 is 22.7 Å². The van der Waals surface area contributed by atoms with Gasteiger partial charge >= 0.3 is 0 Å². The van der Waals surface area contributed by atoms with Gasteiger partial charge in [-0.2, -0.15) is 0 Å². The molecule has 1 aliphatic carbocycles. The third kappa shape index (κ3) is 3.38. The van der Waals surface area contributed by atoms with Gasteiger partial charge in [-0.15, -0.1) is 11.8 Å². The van der Waals surface area contributed by atoms with E-state index < -0.39 is 0 Å². The van der Waals surface area contributed by atoms with Crippen LogP contribution in [-0.4, -0.2) is 22.5 Å². The van der Waals surface area contributed by atoms with Gasteiger partial charge < -0.3 is 13.9 Å². The van der Waals surface area contributed by atoms with E-state index in [4.69, 9.17) is 4.74 Å². The summed E-state index contributed by atoms with van der Waals surface area (Å²) in [4.78, 5) is 13.1. The van der Waals surface area contributed by atoms with Crippen molar-refractivity contribution in [2.24, 2.45) is 13.0 Å². The van der Waals surface area contributed by atoms with Crippen molar-refractivity contribution in [1.82, 2.24) is 9.13 Å². The molecule has 0 radical (unpaired) electrons. The van der Waals surface area contributed by atoms with Gasteiger partial charge in [0.1, 0.15) is 5.82 Å². The van der Waals surface area contributed by atoms with Crippen LogP contribution in [0.2, 0.25) is 0 Å². The first-order chi connectivity index (χ1) is 13.0. The highest BCUT2D eigenvalue weighted by molar-refractivity contribution is 7.98. The molecule has 0 N–H and O–H groups in total. The Morgan fingerprint density at radius 2 is 2.04 bits per heavy atom. The number of fused-ring (bicyclic) bond motifs is 1. The summed E-state index contributed by atoms with van der Waals surface area (Å²) in [6.45, 7) is 0.839. The van der Waals surface area contributed by atoms with Crippen molar-refractivity contribution in [2.75, 3.05) is 13.4 Å². The second-order valence-electron chi connectivity index (χ2n) is 7.17. The first-order valence-corrected chi connectivity index (χ1v) is 10.4. The number of aryl methyl sites for hydroxylation is 2. The van der Waals surface area contributed by atoms with Crippen LogP contribution in [-0.2, 0) is 13.6 Å². The molecule has 0 spiro atoms. The van der Waals surface area contributed by atoms with Crippen LogP contribution >= 0.6 is 11.8 Å². The molecule has 2 heterocycles. The lowest BCUT2D eigenvalue weighted by atomic mass is 10.2. The van der Waals surface area contributed by atoms with E-state index in [1.54, 1.807) is 37.0 Å². The highest BCUT2D eigenvalue weighted by Crippen LogP contribution is 2.38. The zero-order valence-electron chi connectivity index (χ0n) is 15.8. The summed E-state index contributed by atoms with van der Waals surface area (Å²) >= 11 is 1.55. The lowest BCUT2D eigenvalue weighted by Crippen LogP contribution is -2.18. The quantitative estimate of drug-likeness (QED) is 0.577. The molecule has 27 heavy (non-hydrogen) atoms. The lowest BCUT2D eigenvalue weighted by molar-refractivity contribution is 0.405. The number of nitrogens with zero attached hydrogens (tertiary/aromatic N) is 2. The molecule has 0 atom stereocenters. The molecular weight excluding hydrogens is 363 g/mol. The minimum absolute atomic E-state index is 0.169. The van der Waals surface area contributed by atoms with Crippen LogP contribution in [0.4, 0.5) is 4.39 Å². The van der Waals surface area contributed by atoms with Gasteiger partial charge in [0.2, 0.25) is 0 Å². The fourth-order valence-corrected chi connectivity index (χ4v) is 4.24. The molecule has 1 aromatic carbocycles. The number of methoxy groups -OCH3 is 1. The van der Waals surface area contributed by atoms with Gasteiger partial charge in [0, 0.05) is 35.6 Å². The summed E-state index contributed by atoms with van der Waals surface area (Å²) in [6.07, 6.45) is 7.44. The summed E-state index contributed by atoms with van der Waals surface area (Å²) < 4.78 is 23.2. The van der Waals surface area contributed by atoms with Crippen LogP contribution in [0.5, 0.6) is 5.75 Å². The van der Waals surface area contributed by atoms with Crippen LogP contribution in [0.15, 0.2) is 40.2 Å². The third-order valence-corrected chi connectivity index (χ3v) is 6.07. The third-order valence-electron chi connectivity index (χ3n) is 5.29. The molecular formula is C21H23FN2O2S. The van der Waals surface area contributed by atoms with Crippen LogP contribution in [0, 0.1) is 11.7 Å². The van der Waals surface area contributed by atoms with Gasteiger partial charge in [0.15, 0.2) is 5.75 Å². The normalized spacial score (nSPS) is 14.1. The van der Waals surface area contributed by atoms with Gasteiger partial charge in [-0.05, 0) is 42.9 Å². The Labute approximate surface area is 161 Å². The number of pyridine rings is 1. The number of rotatable bonds is 6. The summed E-state index contributed by atoms with van der Waals surface area (Å²) in [5.41, 5.74) is 2.62. The standard InChI is InChI=1S/C21H23FN2O2S/c1-23-12-14(8-19(26-2)21(23)25)17-11-16-18(9-15(22)10-20(16)27-3)24(17)7-6-13-4-5-13/h8-13H,4-7H2,1-3H3. The Balaban J connectivity index is 1.94. The first-order valence-electron chi connectivity index (χ1n) is 9.13. The van der Waals surface area contributed by atoms with Crippen LogP contribution in [0.25, 0.3) is 22.2 Å². The minimum atomic E-state index is -0.220. The maximum atomic E-state index is 14.2. The fraction of sp³-hybridized carbons (Fsp3) is 0.381. The Hall–Kier alpha value is -2.21. The molecule has 2 aromatic heterocycles. The van der Waals surface area contributed by atoms with Crippen LogP contribution in [0.1, 0.15) is 19.3 Å². The van der Waals surface area contributed by atoms with Crippen molar-refractivity contribution in [3.05, 3.63) is 46.6 Å². The zero-order chi connectivity index (χ0) is 19.1. The highest BCUT2D eigenvalue weighted by Gasteiger charge is 2.23. The number of hydrogen-bond acceptors (Lipinski definition) is 3. The molecule has 4 rings (SSSR count). The van der Waals surface area contributed by atoms with E-state index in [1.807, 2.05) is 12.5 Å². The van der Waals surface area contributed by atoms with E-state index in [2.05, 4.69) is 10.6 Å². The van der Waals surface area contributed by atoms with Crippen molar-refractivity contribution in [3.63, 3.8) is 0 Å². The maximum absolute atomic E-state index is 14.2. The molecule has 1 saturated carbocycles. The van der Waals surface area contributed by atoms with Crippen LogP contribution < -0.4 is 10.3 Å². The fourth-order valence-electron chi connectivity index (χ4n) is 3.63. The maximum Gasteiger partial charge on any atom is 0.292 e. The van der Waals surface area contributed by atoms with Gasteiger partial charge in [-0.3, -0.25) is 4.79 Å². The lowest BCUT2D eigenvalue weighted by Gasteiger charge is -2.13. The second kappa shape index (κ2) is 7.08. The van der Waals surface area contributed by atoms with Gasteiger partial charge in [0.25, 0.3) is 5.56 Å². The monoisotopic (exact) mass is 386 g/mol. The molecule has 0 aliphatic heterocycles. The number of hydrogen-bond donors (Lipinski definition) is 0. The number of thioether (sulfide) groups is 1. The van der Waals surface area contributed by atoms with E-state index in [0.29, 0.717) is 5.75 Å². The van der Waals surface area contributed by atoms with Crippen molar-refractivity contribution < 1.29 is 9.13 Å². The van der Waals surface area contributed by atoms with Crippen molar-refractivity contribution in [1.29, 1.82) is 0 Å². The summed E-state index contributed by atoms with van der Waals surface area (Å²) in [6, 6.07) is 7.08.